The Kier molecular flexibility index (Phi) is 7.17. The largest absolute Gasteiger partial charge is 0.454 e. The number of fused-ring (bicyclic) bond motifs is 8. The fraction of sp³-hybridized carbons (Fsp3) is 0. The molecule has 0 radical (unpaired) electrons. The molecule has 0 atom stereocenters. The highest BCUT2D eigenvalue weighted by Gasteiger charge is 2.20. The van der Waals surface area contributed by atoms with Gasteiger partial charge in [0.15, 0.2) is 5.58 Å². The number of furan rings is 1. The van der Waals surface area contributed by atoms with Crippen LogP contribution < -0.4 is 4.90 Å². The monoisotopic (exact) mass is 702 g/mol. The standard InChI is InChI=1S/C52H34N2O/c1-2-11-35(12-3-1)36-21-28-40(29-22-36)53(49-19-10-17-45-44-15-7-9-20-50(44)55-52(45)49)41-30-23-37(24-31-41)38-25-32-42(33-26-38)54-47-18-8-6-16-46(47)51-43-14-5-4-13-39(43)27-34-48(51)54/h1-34H. The molecule has 0 unspecified atom stereocenters. The van der Waals surface area contributed by atoms with E-state index in [1.807, 2.05) is 12.1 Å². The van der Waals surface area contributed by atoms with Crippen molar-refractivity contribution in [2.75, 3.05) is 4.90 Å². The van der Waals surface area contributed by atoms with E-state index in [-0.39, 0.29) is 0 Å². The topological polar surface area (TPSA) is 21.3 Å². The van der Waals surface area contributed by atoms with E-state index in [0.29, 0.717) is 0 Å². The Labute approximate surface area is 318 Å². The van der Waals surface area contributed by atoms with Crippen molar-refractivity contribution >= 4 is 71.6 Å². The number of rotatable bonds is 6. The van der Waals surface area contributed by atoms with Gasteiger partial charge in [0.1, 0.15) is 5.58 Å². The fourth-order valence-electron chi connectivity index (χ4n) is 8.39. The second-order valence-electron chi connectivity index (χ2n) is 14.1. The summed E-state index contributed by atoms with van der Waals surface area (Å²) in [6, 6.07) is 73.8. The Hall–Kier alpha value is -7.36. The predicted octanol–water partition coefficient (Wildman–Crippen LogP) is 14.6. The summed E-state index contributed by atoms with van der Waals surface area (Å²) in [5.74, 6) is 0. The Morgan fingerprint density at radius 3 is 1.65 bits per heavy atom. The van der Waals surface area contributed by atoms with Gasteiger partial charge in [0.2, 0.25) is 0 Å². The van der Waals surface area contributed by atoms with Crippen molar-refractivity contribution in [3.05, 3.63) is 206 Å². The van der Waals surface area contributed by atoms with Gasteiger partial charge in [-0.1, -0.05) is 146 Å². The van der Waals surface area contributed by atoms with Crippen LogP contribution in [0.15, 0.2) is 211 Å². The zero-order valence-corrected chi connectivity index (χ0v) is 29.9. The minimum atomic E-state index is 0.869. The van der Waals surface area contributed by atoms with Crippen molar-refractivity contribution in [2.45, 2.75) is 0 Å². The molecule has 0 aliphatic rings. The summed E-state index contributed by atoms with van der Waals surface area (Å²) >= 11 is 0. The summed E-state index contributed by atoms with van der Waals surface area (Å²) in [7, 11) is 0. The first kappa shape index (κ1) is 31.2. The summed E-state index contributed by atoms with van der Waals surface area (Å²) in [6.07, 6.45) is 0. The molecule has 2 heterocycles. The van der Waals surface area contributed by atoms with Gasteiger partial charge in [0.25, 0.3) is 0 Å². The number of anilines is 3. The van der Waals surface area contributed by atoms with Crippen LogP contribution in [0, 0.1) is 0 Å². The highest BCUT2D eigenvalue weighted by atomic mass is 16.3. The fourth-order valence-corrected chi connectivity index (χ4v) is 8.39. The molecule has 3 heteroatoms. The van der Waals surface area contributed by atoms with E-state index in [9.17, 15) is 0 Å². The maximum absolute atomic E-state index is 6.57. The number of hydrogen-bond donors (Lipinski definition) is 0. The molecule has 2 aromatic heterocycles. The molecule has 258 valence electrons. The van der Waals surface area contributed by atoms with E-state index < -0.39 is 0 Å². The second kappa shape index (κ2) is 12.6. The predicted molar refractivity (Wildman–Crippen MR) is 231 cm³/mol. The van der Waals surface area contributed by atoms with Crippen molar-refractivity contribution in [3.8, 4) is 27.9 Å². The Balaban J connectivity index is 0.988. The molecule has 0 spiro atoms. The summed E-state index contributed by atoms with van der Waals surface area (Å²) in [4.78, 5) is 2.30. The minimum absolute atomic E-state index is 0.869. The van der Waals surface area contributed by atoms with Crippen LogP contribution in [0.2, 0.25) is 0 Å². The summed E-state index contributed by atoms with van der Waals surface area (Å²) < 4.78 is 8.96. The lowest BCUT2D eigenvalue weighted by atomic mass is 10.0. The third-order valence-electron chi connectivity index (χ3n) is 11.0. The van der Waals surface area contributed by atoms with Crippen molar-refractivity contribution in [2.24, 2.45) is 0 Å². The van der Waals surface area contributed by atoms with Crippen molar-refractivity contribution in [1.82, 2.24) is 4.57 Å². The molecule has 0 amide bonds. The van der Waals surface area contributed by atoms with Gasteiger partial charge in [-0.15, -0.1) is 0 Å². The second-order valence-corrected chi connectivity index (χ2v) is 14.1. The van der Waals surface area contributed by atoms with Gasteiger partial charge in [-0.2, -0.15) is 0 Å². The third kappa shape index (κ3) is 5.13. The molecule has 55 heavy (non-hydrogen) atoms. The highest BCUT2D eigenvalue weighted by molar-refractivity contribution is 6.21. The molecular weight excluding hydrogens is 669 g/mol. The summed E-state index contributed by atoms with van der Waals surface area (Å²) in [5, 5.41) is 7.33. The first-order valence-corrected chi connectivity index (χ1v) is 18.8. The molecule has 0 N–H and O–H groups in total. The lowest BCUT2D eigenvalue weighted by molar-refractivity contribution is 0.669. The van der Waals surface area contributed by atoms with Crippen LogP contribution in [0.1, 0.15) is 0 Å². The minimum Gasteiger partial charge on any atom is -0.454 e. The molecule has 0 aliphatic heterocycles. The van der Waals surface area contributed by atoms with Gasteiger partial charge < -0.3 is 13.9 Å². The molecule has 0 fully saturated rings. The molecule has 0 bridgehead atoms. The normalized spacial score (nSPS) is 11.6. The average Bonchev–Trinajstić information content (AvgIpc) is 3.81. The Morgan fingerprint density at radius 2 is 0.927 bits per heavy atom. The molecule has 11 aromatic rings. The Morgan fingerprint density at radius 1 is 0.364 bits per heavy atom. The molecule has 0 aliphatic carbocycles. The first-order chi connectivity index (χ1) is 27.3. The average molecular weight is 703 g/mol. The van der Waals surface area contributed by atoms with Gasteiger partial charge in [-0.25, -0.2) is 0 Å². The summed E-state index contributed by atoms with van der Waals surface area (Å²) in [5.41, 5.74) is 13.1. The number of nitrogens with zero attached hydrogens (tertiary/aromatic N) is 2. The first-order valence-electron chi connectivity index (χ1n) is 18.8. The third-order valence-corrected chi connectivity index (χ3v) is 11.0. The number of para-hydroxylation sites is 3. The van der Waals surface area contributed by atoms with Gasteiger partial charge in [0, 0.05) is 38.6 Å². The summed E-state index contributed by atoms with van der Waals surface area (Å²) in [6.45, 7) is 0. The molecular formula is C52H34N2O. The van der Waals surface area contributed by atoms with Crippen LogP contribution in [0.25, 0.3) is 82.5 Å². The molecule has 3 nitrogen and oxygen atoms in total. The van der Waals surface area contributed by atoms with Gasteiger partial charge in [-0.05, 0) is 93.7 Å². The van der Waals surface area contributed by atoms with E-state index in [1.165, 1.54) is 49.3 Å². The molecule has 9 aromatic carbocycles. The smallest absolute Gasteiger partial charge is 0.159 e. The molecule has 11 rings (SSSR count). The van der Waals surface area contributed by atoms with Gasteiger partial charge >= 0.3 is 0 Å². The van der Waals surface area contributed by atoms with Crippen molar-refractivity contribution < 1.29 is 4.42 Å². The Bertz CT molecular complexity index is 3170. The lowest BCUT2D eigenvalue weighted by Crippen LogP contribution is -2.10. The van der Waals surface area contributed by atoms with Crippen LogP contribution in [-0.4, -0.2) is 4.57 Å². The molecule has 0 saturated heterocycles. The number of aromatic nitrogens is 1. The number of benzene rings is 9. The lowest BCUT2D eigenvalue weighted by Gasteiger charge is -2.26. The van der Waals surface area contributed by atoms with Crippen LogP contribution in [-0.2, 0) is 0 Å². The van der Waals surface area contributed by atoms with E-state index >= 15 is 0 Å². The zero-order valence-electron chi connectivity index (χ0n) is 29.9. The van der Waals surface area contributed by atoms with E-state index in [4.69, 9.17) is 4.42 Å². The SMILES string of the molecule is c1ccc(-c2ccc(N(c3ccc(-c4ccc(-n5c6ccccc6c6c7ccccc7ccc65)cc4)cc3)c3cccc4c3oc3ccccc34)cc2)cc1. The van der Waals surface area contributed by atoms with E-state index in [2.05, 4.69) is 204 Å². The number of hydrogen-bond acceptors (Lipinski definition) is 2. The van der Waals surface area contributed by atoms with Crippen LogP contribution in [0.4, 0.5) is 17.1 Å². The van der Waals surface area contributed by atoms with Crippen molar-refractivity contribution in [1.29, 1.82) is 0 Å². The van der Waals surface area contributed by atoms with Crippen LogP contribution in [0.3, 0.4) is 0 Å². The molecule has 0 saturated carbocycles. The van der Waals surface area contributed by atoms with E-state index in [1.54, 1.807) is 0 Å². The maximum Gasteiger partial charge on any atom is 0.159 e. The van der Waals surface area contributed by atoms with Gasteiger partial charge in [-0.3, -0.25) is 0 Å². The van der Waals surface area contributed by atoms with Crippen LogP contribution >= 0.6 is 0 Å². The van der Waals surface area contributed by atoms with Gasteiger partial charge in [0.05, 0.1) is 16.7 Å². The highest BCUT2D eigenvalue weighted by Crippen LogP contribution is 2.43. The zero-order chi connectivity index (χ0) is 36.3. The van der Waals surface area contributed by atoms with E-state index in [0.717, 1.165) is 50.3 Å². The van der Waals surface area contributed by atoms with Crippen LogP contribution in [0.5, 0.6) is 0 Å². The maximum atomic E-state index is 6.57. The quantitative estimate of drug-likeness (QED) is 0.172. The van der Waals surface area contributed by atoms with Crippen molar-refractivity contribution in [3.63, 3.8) is 0 Å².